The first-order chi connectivity index (χ1) is 16.9. The number of methoxy groups -OCH3 is 1. The zero-order valence-electron chi connectivity index (χ0n) is 17.9. The van der Waals surface area contributed by atoms with Crippen molar-refractivity contribution in [2.24, 2.45) is 0 Å². The highest BCUT2D eigenvalue weighted by Gasteiger charge is 2.22. The van der Waals surface area contributed by atoms with Crippen LogP contribution < -0.4 is 9.47 Å². The van der Waals surface area contributed by atoms with E-state index in [1.165, 1.54) is 37.6 Å². The summed E-state index contributed by atoms with van der Waals surface area (Å²) < 4.78 is 69.0. The van der Waals surface area contributed by atoms with Crippen molar-refractivity contribution < 1.29 is 31.5 Å². The van der Waals surface area contributed by atoms with Crippen LogP contribution in [0, 0.1) is 0 Å². The Labute approximate surface area is 194 Å². The normalized spacial score (nSPS) is 11.5. The summed E-state index contributed by atoms with van der Waals surface area (Å²) in [6.07, 6.45) is -1.50. The van der Waals surface area contributed by atoms with Gasteiger partial charge in [-0.3, -0.25) is 0 Å². The molecule has 35 heavy (non-hydrogen) atoms. The monoisotopic (exact) mass is 485 g/mol. The lowest BCUT2D eigenvalue weighted by atomic mass is 10.1. The van der Waals surface area contributed by atoms with Gasteiger partial charge in [-0.15, -0.1) is 10.2 Å². The molecule has 3 heterocycles. The van der Waals surface area contributed by atoms with Crippen LogP contribution in [0.3, 0.4) is 0 Å². The van der Waals surface area contributed by atoms with Crippen LogP contribution in [0.1, 0.15) is 12.1 Å². The Morgan fingerprint density at radius 3 is 2.37 bits per heavy atom. The van der Waals surface area contributed by atoms with E-state index < -0.39 is 13.0 Å². The van der Waals surface area contributed by atoms with E-state index in [1.54, 1.807) is 30.3 Å². The Morgan fingerprint density at radius 2 is 1.66 bits per heavy atom. The Morgan fingerprint density at radius 1 is 0.886 bits per heavy atom. The lowest BCUT2D eigenvalue weighted by Crippen LogP contribution is -2.03. The molecule has 3 aromatic heterocycles. The van der Waals surface area contributed by atoms with Crippen molar-refractivity contribution in [2.75, 3.05) is 7.11 Å². The SMILES string of the molecule is COc1cc(-c2nnc(-c3cnn4c(C(F)F)cc(-c5ccccc5)nc34)o2)ccc1OC(F)F. The number of fused-ring (bicyclic) bond motifs is 1. The fourth-order valence-electron chi connectivity index (χ4n) is 3.49. The molecule has 5 rings (SSSR count). The Kier molecular flexibility index (Phi) is 5.77. The third-order valence-corrected chi connectivity index (χ3v) is 5.07. The number of aromatic nitrogens is 5. The molecule has 0 fully saturated rings. The highest BCUT2D eigenvalue weighted by atomic mass is 19.3. The van der Waals surface area contributed by atoms with E-state index in [0.29, 0.717) is 16.8 Å². The van der Waals surface area contributed by atoms with E-state index in [-0.39, 0.29) is 40.2 Å². The van der Waals surface area contributed by atoms with Gasteiger partial charge in [0.05, 0.1) is 19.0 Å². The van der Waals surface area contributed by atoms with Crippen molar-refractivity contribution in [2.45, 2.75) is 13.0 Å². The van der Waals surface area contributed by atoms with Crippen LogP contribution in [0.2, 0.25) is 0 Å². The molecular formula is C23H15F4N5O3. The molecule has 0 saturated carbocycles. The maximum absolute atomic E-state index is 13.8. The summed E-state index contributed by atoms with van der Waals surface area (Å²) in [5, 5.41) is 12.0. The van der Waals surface area contributed by atoms with Gasteiger partial charge >= 0.3 is 6.61 Å². The molecule has 0 aliphatic heterocycles. The van der Waals surface area contributed by atoms with Gasteiger partial charge in [0.15, 0.2) is 17.1 Å². The third-order valence-electron chi connectivity index (χ3n) is 5.07. The average molecular weight is 485 g/mol. The number of ether oxygens (including phenoxy) is 2. The molecule has 0 radical (unpaired) electrons. The van der Waals surface area contributed by atoms with Gasteiger partial charge in [-0.05, 0) is 24.3 Å². The third kappa shape index (κ3) is 4.25. The van der Waals surface area contributed by atoms with E-state index >= 15 is 0 Å². The minimum atomic E-state index is -3.02. The second kappa shape index (κ2) is 9.05. The van der Waals surface area contributed by atoms with Crippen LogP contribution in [0.5, 0.6) is 11.5 Å². The lowest BCUT2D eigenvalue weighted by Gasteiger charge is -2.10. The van der Waals surface area contributed by atoms with Crippen LogP contribution in [-0.4, -0.2) is 38.5 Å². The quantitative estimate of drug-likeness (QED) is 0.275. The number of rotatable bonds is 7. The summed E-state index contributed by atoms with van der Waals surface area (Å²) in [6.45, 7) is -3.02. The van der Waals surface area contributed by atoms with Crippen molar-refractivity contribution in [3.63, 3.8) is 0 Å². The molecule has 0 atom stereocenters. The molecule has 2 aromatic carbocycles. The summed E-state index contributed by atoms with van der Waals surface area (Å²) in [5.41, 5.74) is 1.34. The molecule has 0 aliphatic carbocycles. The molecule has 8 nitrogen and oxygen atoms in total. The Balaban J connectivity index is 1.57. The van der Waals surface area contributed by atoms with Gasteiger partial charge in [0.25, 0.3) is 12.3 Å². The van der Waals surface area contributed by atoms with E-state index in [0.717, 1.165) is 4.52 Å². The fourth-order valence-corrected chi connectivity index (χ4v) is 3.49. The smallest absolute Gasteiger partial charge is 0.387 e. The molecule has 0 aliphatic rings. The Hall–Kier alpha value is -4.48. The second-order valence-corrected chi connectivity index (χ2v) is 7.18. The van der Waals surface area contributed by atoms with Gasteiger partial charge in [-0.2, -0.15) is 13.9 Å². The molecule has 0 spiro atoms. The van der Waals surface area contributed by atoms with Gasteiger partial charge in [0.1, 0.15) is 11.3 Å². The van der Waals surface area contributed by atoms with Gasteiger partial charge in [0, 0.05) is 11.1 Å². The first-order valence-electron chi connectivity index (χ1n) is 10.1. The van der Waals surface area contributed by atoms with Crippen LogP contribution in [0.15, 0.2) is 65.2 Å². The van der Waals surface area contributed by atoms with Crippen molar-refractivity contribution in [1.82, 2.24) is 24.8 Å². The molecule has 0 bridgehead atoms. The summed E-state index contributed by atoms with van der Waals surface area (Å²) in [6, 6.07) is 14.3. The number of nitrogens with zero attached hydrogens (tertiary/aromatic N) is 5. The van der Waals surface area contributed by atoms with Crippen molar-refractivity contribution in [3.05, 3.63) is 66.5 Å². The van der Waals surface area contributed by atoms with Crippen LogP contribution >= 0.6 is 0 Å². The summed E-state index contributed by atoms with van der Waals surface area (Å²) >= 11 is 0. The molecule has 0 N–H and O–H groups in total. The van der Waals surface area contributed by atoms with Crippen LogP contribution in [0.25, 0.3) is 39.8 Å². The Bertz CT molecular complexity index is 1490. The predicted molar refractivity (Wildman–Crippen MR) is 115 cm³/mol. The molecule has 0 saturated heterocycles. The standard InChI is InChI=1S/C23H15F4N5O3/c1-33-18-9-13(7-8-17(18)34-23(26)27)21-30-31-22(35-21)14-11-28-32-16(19(24)25)10-15(29-20(14)32)12-5-3-2-4-6-12/h2-11,19,23H,1H3. The highest BCUT2D eigenvalue weighted by Crippen LogP contribution is 2.35. The average Bonchev–Trinajstić information content (AvgIpc) is 3.51. The molecule has 0 amide bonds. The second-order valence-electron chi connectivity index (χ2n) is 7.18. The topological polar surface area (TPSA) is 87.6 Å². The number of hydrogen-bond acceptors (Lipinski definition) is 7. The number of benzene rings is 2. The minimum absolute atomic E-state index is 0.0141. The minimum Gasteiger partial charge on any atom is -0.493 e. The predicted octanol–water partition coefficient (Wildman–Crippen LogP) is 5.66. The van der Waals surface area contributed by atoms with E-state index in [2.05, 4.69) is 25.0 Å². The van der Waals surface area contributed by atoms with E-state index in [4.69, 9.17) is 9.15 Å². The first kappa shape index (κ1) is 22.3. The summed E-state index contributed by atoms with van der Waals surface area (Å²) in [5.74, 6) is -0.102. The van der Waals surface area contributed by atoms with Gasteiger partial charge in [-0.25, -0.2) is 18.3 Å². The number of halogens is 4. The highest BCUT2D eigenvalue weighted by molar-refractivity contribution is 5.75. The molecular weight excluding hydrogens is 470 g/mol. The fraction of sp³-hybridized carbons (Fsp3) is 0.130. The van der Waals surface area contributed by atoms with E-state index in [9.17, 15) is 17.6 Å². The number of alkyl halides is 4. The van der Waals surface area contributed by atoms with Gasteiger partial charge < -0.3 is 13.9 Å². The maximum atomic E-state index is 13.8. The molecule has 12 heteroatoms. The van der Waals surface area contributed by atoms with Crippen LogP contribution in [-0.2, 0) is 0 Å². The first-order valence-corrected chi connectivity index (χ1v) is 10.1. The summed E-state index contributed by atoms with van der Waals surface area (Å²) in [7, 11) is 1.30. The molecule has 0 unspecified atom stereocenters. The molecule has 5 aromatic rings. The zero-order valence-corrected chi connectivity index (χ0v) is 17.9. The van der Waals surface area contributed by atoms with Crippen LogP contribution in [0.4, 0.5) is 17.6 Å². The maximum Gasteiger partial charge on any atom is 0.387 e. The van der Waals surface area contributed by atoms with Gasteiger partial charge in [0.2, 0.25) is 5.89 Å². The van der Waals surface area contributed by atoms with E-state index in [1.807, 2.05) is 0 Å². The summed E-state index contributed by atoms with van der Waals surface area (Å²) in [4.78, 5) is 4.51. The largest absolute Gasteiger partial charge is 0.493 e. The van der Waals surface area contributed by atoms with Crippen molar-refractivity contribution in [1.29, 1.82) is 0 Å². The molecule has 178 valence electrons. The number of hydrogen-bond donors (Lipinski definition) is 0. The zero-order chi connectivity index (χ0) is 24.5. The lowest BCUT2D eigenvalue weighted by molar-refractivity contribution is -0.0512. The van der Waals surface area contributed by atoms with Crippen molar-refractivity contribution in [3.8, 4) is 45.7 Å². The van der Waals surface area contributed by atoms with Crippen molar-refractivity contribution >= 4 is 5.65 Å². The van der Waals surface area contributed by atoms with Gasteiger partial charge in [-0.1, -0.05) is 30.3 Å².